The van der Waals surface area contributed by atoms with Gasteiger partial charge in [-0.2, -0.15) is 0 Å². The number of aromatic nitrogens is 2. The van der Waals surface area contributed by atoms with Gasteiger partial charge < -0.3 is 10.1 Å². The fourth-order valence-corrected chi connectivity index (χ4v) is 2.24. The van der Waals surface area contributed by atoms with E-state index in [1.165, 1.54) is 0 Å². The molecule has 2 aromatic rings. The van der Waals surface area contributed by atoms with Gasteiger partial charge in [0.2, 0.25) is 0 Å². The van der Waals surface area contributed by atoms with Gasteiger partial charge in [0.05, 0.1) is 12.8 Å². The molecule has 19 heavy (non-hydrogen) atoms. The monoisotopic (exact) mass is 257 g/mol. The number of hydrogen-bond acceptors (Lipinski definition) is 4. The van der Waals surface area contributed by atoms with Crippen molar-refractivity contribution in [2.75, 3.05) is 19.5 Å². The van der Waals surface area contributed by atoms with Crippen molar-refractivity contribution < 1.29 is 4.74 Å². The predicted molar refractivity (Wildman–Crippen MR) is 77.8 cm³/mol. The maximum absolute atomic E-state index is 5.35. The van der Waals surface area contributed by atoms with Crippen LogP contribution in [0.4, 0.5) is 5.82 Å². The third-order valence-electron chi connectivity index (χ3n) is 3.32. The summed E-state index contributed by atoms with van der Waals surface area (Å²) in [5, 5.41) is 3.09. The van der Waals surface area contributed by atoms with E-state index < -0.39 is 0 Å². The van der Waals surface area contributed by atoms with Crippen LogP contribution in [-0.2, 0) is 0 Å². The summed E-state index contributed by atoms with van der Waals surface area (Å²) in [6.07, 6.45) is 1.59. The second-order valence-corrected chi connectivity index (χ2v) is 4.58. The Morgan fingerprint density at radius 3 is 2.42 bits per heavy atom. The van der Waals surface area contributed by atoms with Gasteiger partial charge in [-0.25, -0.2) is 9.97 Å². The number of hydrogen-bond donors (Lipinski definition) is 1. The van der Waals surface area contributed by atoms with Crippen LogP contribution in [0.1, 0.15) is 16.7 Å². The van der Waals surface area contributed by atoms with Gasteiger partial charge in [-0.05, 0) is 44.0 Å². The van der Waals surface area contributed by atoms with E-state index >= 15 is 0 Å². The summed E-state index contributed by atoms with van der Waals surface area (Å²) in [7, 11) is 3.56. The summed E-state index contributed by atoms with van der Waals surface area (Å²) in [6.45, 7) is 6.13. The first-order valence-electron chi connectivity index (χ1n) is 6.23. The smallest absolute Gasteiger partial charge is 0.132 e. The summed E-state index contributed by atoms with van der Waals surface area (Å²) in [6, 6.07) is 4.16. The zero-order valence-electron chi connectivity index (χ0n) is 12.0. The van der Waals surface area contributed by atoms with Crippen LogP contribution in [-0.4, -0.2) is 24.1 Å². The van der Waals surface area contributed by atoms with Crippen molar-refractivity contribution in [3.8, 4) is 17.0 Å². The van der Waals surface area contributed by atoms with Gasteiger partial charge in [-0.3, -0.25) is 0 Å². The van der Waals surface area contributed by atoms with Crippen molar-refractivity contribution in [2.24, 2.45) is 0 Å². The number of nitrogens with zero attached hydrogens (tertiary/aromatic N) is 2. The Labute approximate surface area is 113 Å². The fraction of sp³-hybridized carbons (Fsp3) is 0.333. The molecule has 0 aliphatic heterocycles. The minimum absolute atomic E-state index is 0.859. The quantitative estimate of drug-likeness (QED) is 0.917. The SMILES string of the molecule is CNc1ncnc(-c2cc(C)c(OC)cc2C)c1C. The van der Waals surface area contributed by atoms with Crippen LogP contribution < -0.4 is 10.1 Å². The molecule has 0 saturated heterocycles. The molecular weight excluding hydrogens is 238 g/mol. The van der Waals surface area contributed by atoms with Gasteiger partial charge >= 0.3 is 0 Å². The van der Waals surface area contributed by atoms with Crippen LogP contribution in [0.3, 0.4) is 0 Å². The van der Waals surface area contributed by atoms with Gasteiger partial charge in [0.1, 0.15) is 17.9 Å². The number of ether oxygens (including phenoxy) is 1. The average molecular weight is 257 g/mol. The lowest BCUT2D eigenvalue weighted by Gasteiger charge is -2.14. The topological polar surface area (TPSA) is 47.0 Å². The van der Waals surface area contributed by atoms with Crippen molar-refractivity contribution in [2.45, 2.75) is 20.8 Å². The normalized spacial score (nSPS) is 10.4. The van der Waals surface area contributed by atoms with Crippen LogP contribution in [0.15, 0.2) is 18.5 Å². The molecule has 1 aromatic carbocycles. The maximum atomic E-state index is 5.35. The molecule has 1 aromatic heterocycles. The van der Waals surface area contributed by atoms with Crippen LogP contribution in [0, 0.1) is 20.8 Å². The fourth-order valence-electron chi connectivity index (χ4n) is 2.24. The van der Waals surface area contributed by atoms with Crippen LogP contribution in [0.5, 0.6) is 5.75 Å². The third kappa shape index (κ3) is 2.38. The van der Waals surface area contributed by atoms with Crippen molar-refractivity contribution in [3.63, 3.8) is 0 Å². The minimum atomic E-state index is 0.859. The minimum Gasteiger partial charge on any atom is -0.496 e. The van der Waals surface area contributed by atoms with Gasteiger partial charge in [0.25, 0.3) is 0 Å². The highest BCUT2D eigenvalue weighted by molar-refractivity contribution is 5.72. The molecule has 1 N–H and O–H groups in total. The highest BCUT2D eigenvalue weighted by Gasteiger charge is 2.12. The van der Waals surface area contributed by atoms with Crippen molar-refractivity contribution in [1.29, 1.82) is 0 Å². The molecule has 0 aliphatic rings. The van der Waals surface area contributed by atoms with E-state index in [0.29, 0.717) is 0 Å². The van der Waals surface area contributed by atoms with Gasteiger partial charge in [0.15, 0.2) is 0 Å². The summed E-state index contributed by atoms with van der Waals surface area (Å²) in [5.41, 5.74) is 5.38. The molecule has 0 amide bonds. The molecule has 4 nitrogen and oxygen atoms in total. The first-order chi connectivity index (χ1) is 9.08. The molecule has 0 saturated carbocycles. The first-order valence-corrected chi connectivity index (χ1v) is 6.23. The molecule has 0 radical (unpaired) electrons. The Kier molecular flexibility index (Phi) is 3.69. The summed E-state index contributed by atoms with van der Waals surface area (Å²) in [4.78, 5) is 8.64. The molecule has 0 unspecified atom stereocenters. The molecule has 4 heteroatoms. The van der Waals surface area contributed by atoms with Crippen LogP contribution >= 0.6 is 0 Å². The molecule has 0 fully saturated rings. The molecule has 100 valence electrons. The summed E-state index contributed by atoms with van der Waals surface area (Å²) < 4.78 is 5.35. The maximum Gasteiger partial charge on any atom is 0.132 e. The summed E-state index contributed by atoms with van der Waals surface area (Å²) in [5.74, 6) is 1.76. The molecule has 0 atom stereocenters. The van der Waals surface area contributed by atoms with E-state index in [1.54, 1.807) is 13.4 Å². The van der Waals surface area contributed by atoms with E-state index in [-0.39, 0.29) is 0 Å². The standard InChI is InChI=1S/C15H19N3O/c1-9-7-13(19-5)10(2)6-12(9)14-11(3)15(16-4)18-8-17-14/h6-8H,1-5H3,(H,16,17,18). The van der Waals surface area contributed by atoms with E-state index in [2.05, 4.69) is 28.3 Å². The molecular formula is C15H19N3O. The third-order valence-corrected chi connectivity index (χ3v) is 3.32. The zero-order chi connectivity index (χ0) is 14.0. The molecule has 0 bridgehead atoms. The number of methoxy groups -OCH3 is 1. The van der Waals surface area contributed by atoms with E-state index in [1.807, 2.05) is 27.0 Å². The van der Waals surface area contributed by atoms with Gasteiger partial charge in [0, 0.05) is 18.2 Å². The number of rotatable bonds is 3. The van der Waals surface area contributed by atoms with Gasteiger partial charge in [-0.15, -0.1) is 0 Å². The molecule has 0 aliphatic carbocycles. The second kappa shape index (κ2) is 5.26. The second-order valence-electron chi connectivity index (χ2n) is 4.58. The molecule has 2 rings (SSSR count). The van der Waals surface area contributed by atoms with Crippen molar-refractivity contribution >= 4 is 5.82 Å². The highest BCUT2D eigenvalue weighted by Crippen LogP contribution is 2.31. The average Bonchev–Trinajstić information content (AvgIpc) is 2.41. The number of benzene rings is 1. The Hall–Kier alpha value is -2.10. The largest absolute Gasteiger partial charge is 0.496 e. The van der Waals surface area contributed by atoms with Crippen molar-refractivity contribution in [3.05, 3.63) is 35.2 Å². The van der Waals surface area contributed by atoms with E-state index in [0.717, 1.165) is 39.5 Å². The van der Waals surface area contributed by atoms with Gasteiger partial charge in [-0.1, -0.05) is 0 Å². The molecule has 1 heterocycles. The Bertz CT molecular complexity index is 609. The number of aryl methyl sites for hydroxylation is 2. The van der Waals surface area contributed by atoms with E-state index in [4.69, 9.17) is 4.74 Å². The predicted octanol–water partition coefficient (Wildman–Crippen LogP) is 3.12. The molecule has 0 spiro atoms. The Morgan fingerprint density at radius 1 is 1.05 bits per heavy atom. The Balaban J connectivity index is 2.62. The zero-order valence-corrected chi connectivity index (χ0v) is 12.0. The van der Waals surface area contributed by atoms with Crippen molar-refractivity contribution in [1.82, 2.24) is 9.97 Å². The lowest BCUT2D eigenvalue weighted by atomic mass is 9.99. The highest BCUT2D eigenvalue weighted by atomic mass is 16.5. The number of nitrogens with one attached hydrogen (secondary N) is 1. The van der Waals surface area contributed by atoms with Crippen LogP contribution in [0.2, 0.25) is 0 Å². The van der Waals surface area contributed by atoms with E-state index in [9.17, 15) is 0 Å². The van der Waals surface area contributed by atoms with Crippen LogP contribution in [0.25, 0.3) is 11.3 Å². The summed E-state index contributed by atoms with van der Waals surface area (Å²) >= 11 is 0. The Morgan fingerprint density at radius 2 is 1.79 bits per heavy atom. The number of anilines is 1. The lowest BCUT2D eigenvalue weighted by Crippen LogP contribution is -2.01. The first kappa shape index (κ1) is 13.3. The lowest BCUT2D eigenvalue weighted by molar-refractivity contribution is 0.411.